The molecule has 1 aliphatic carbocycles. The Bertz CT molecular complexity index is 644. The summed E-state index contributed by atoms with van der Waals surface area (Å²) in [6, 6.07) is 3.05. The van der Waals surface area contributed by atoms with E-state index in [1.54, 1.807) is 6.07 Å². The number of halogens is 3. The van der Waals surface area contributed by atoms with Gasteiger partial charge in [0.25, 0.3) is 0 Å². The molecule has 3 rings (SSSR count). The van der Waals surface area contributed by atoms with E-state index in [2.05, 4.69) is 16.5 Å². The number of imidazole rings is 1. The summed E-state index contributed by atoms with van der Waals surface area (Å²) in [4.78, 5) is 4.54. The monoisotopic (exact) mass is 300 g/mol. The van der Waals surface area contributed by atoms with Crippen LogP contribution in [-0.2, 0) is 5.54 Å². The molecule has 5 heteroatoms. The van der Waals surface area contributed by atoms with E-state index >= 15 is 0 Å². The van der Waals surface area contributed by atoms with Crippen molar-refractivity contribution in [3.8, 4) is 0 Å². The molecular formula is C14H15Cl2FN2. The van der Waals surface area contributed by atoms with Crippen molar-refractivity contribution in [3.63, 3.8) is 0 Å². The van der Waals surface area contributed by atoms with Crippen molar-refractivity contribution in [3.05, 3.63) is 28.8 Å². The van der Waals surface area contributed by atoms with E-state index in [4.69, 9.17) is 23.2 Å². The van der Waals surface area contributed by atoms with Crippen LogP contribution in [-0.4, -0.2) is 9.55 Å². The Kier molecular flexibility index (Phi) is 3.02. The van der Waals surface area contributed by atoms with Crippen LogP contribution in [0.4, 0.5) is 4.39 Å². The molecule has 0 saturated heterocycles. The lowest BCUT2D eigenvalue weighted by molar-refractivity contribution is 0.169. The summed E-state index contributed by atoms with van der Waals surface area (Å²) < 4.78 is 15.8. The minimum absolute atomic E-state index is 0.00645. The van der Waals surface area contributed by atoms with Crippen LogP contribution in [0.5, 0.6) is 0 Å². The third kappa shape index (κ3) is 1.95. The van der Waals surface area contributed by atoms with Crippen LogP contribution >= 0.6 is 23.2 Å². The maximum atomic E-state index is 13.7. The second kappa shape index (κ2) is 4.35. The van der Waals surface area contributed by atoms with Crippen LogP contribution in [0.15, 0.2) is 12.1 Å². The SMILES string of the molecule is CC(Cl)c1nc2cc(Cl)c(F)cc2n1C1(C)CCC1. The van der Waals surface area contributed by atoms with Crippen LogP contribution < -0.4 is 0 Å². The Hall–Kier alpha value is -0.800. The van der Waals surface area contributed by atoms with Gasteiger partial charge in [0.2, 0.25) is 0 Å². The molecule has 0 N–H and O–H groups in total. The highest BCUT2D eigenvalue weighted by Gasteiger charge is 2.37. The van der Waals surface area contributed by atoms with Gasteiger partial charge in [-0.25, -0.2) is 9.37 Å². The zero-order valence-electron chi connectivity index (χ0n) is 10.9. The largest absolute Gasteiger partial charge is 0.321 e. The number of hydrogen-bond donors (Lipinski definition) is 0. The molecule has 0 amide bonds. The molecule has 0 radical (unpaired) electrons. The molecule has 1 saturated carbocycles. The van der Waals surface area contributed by atoms with Gasteiger partial charge in [-0.1, -0.05) is 11.6 Å². The van der Waals surface area contributed by atoms with Gasteiger partial charge in [0.1, 0.15) is 11.6 Å². The first-order valence-electron chi connectivity index (χ1n) is 6.44. The van der Waals surface area contributed by atoms with Crippen molar-refractivity contribution in [2.75, 3.05) is 0 Å². The third-order valence-electron chi connectivity index (χ3n) is 4.05. The van der Waals surface area contributed by atoms with Crippen LogP contribution in [0.25, 0.3) is 11.0 Å². The number of hydrogen-bond acceptors (Lipinski definition) is 1. The molecule has 0 aliphatic heterocycles. The molecule has 2 nitrogen and oxygen atoms in total. The molecule has 1 aromatic heterocycles. The summed E-state index contributed by atoms with van der Waals surface area (Å²) in [5.74, 6) is 0.382. The summed E-state index contributed by atoms with van der Waals surface area (Å²) in [6.45, 7) is 4.06. The van der Waals surface area contributed by atoms with E-state index in [9.17, 15) is 4.39 Å². The molecule has 2 aromatic rings. The maximum absolute atomic E-state index is 13.7. The van der Waals surface area contributed by atoms with Crippen molar-refractivity contribution in [1.29, 1.82) is 0 Å². The predicted molar refractivity (Wildman–Crippen MR) is 76.5 cm³/mol. The van der Waals surface area contributed by atoms with E-state index in [1.807, 2.05) is 6.92 Å². The number of aromatic nitrogens is 2. The molecule has 1 unspecified atom stereocenters. The fraction of sp³-hybridized carbons (Fsp3) is 0.500. The molecule has 1 aliphatic rings. The molecular weight excluding hydrogens is 286 g/mol. The highest BCUT2D eigenvalue weighted by molar-refractivity contribution is 6.31. The number of benzene rings is 1. The second-order valence-electron chi connectivity index (χ2n) is 5.53. The normalized spacial score (nSPS) is 19.4. The minimum atomic E-state index is -0.410. The zero-order valence-corrected chi connectivity index (χ0v) is 12.4. The average Bonchev–Trinajstić information content (AvgIpc) is 2.66. The number of nitrogens with zero attached hydrogens (tertiary/aromatic N) is 2. The first kappa shape index (κ1) is 13.2. The topological polar surface area (TPSA) is 17.8 Å². The van der Waals surface area contributed by atoms with Crippen LogP contribution in [0.1, 0.15) is 44.3 Å². The van der Waals surface area contributed by atoms with Gasteiger partial charge >= 0.3 is 0 Å². The smallest absolute Gasteiger partial charge is 0.144 e. The quantitative estimate of drug-likeness (QED) is 0.711. The van der Waals surface area contributed by atoms with Crippen LogP contribution in [0.3, 0.4) is 0 Å². The third-order valence-corrected chi connectivity index (χ3v) is 4.53. The van der Waals surface area contributed by atoms with Crippen molar-refractivity contribution in [2.45, 2.75) is 44.0 Å². The van der Waals surface area contributed by atoms with Gasteiger partial charge in [0.05, 0.1) is 21.4 Å². The van der Waals surface area contributed by atoms with E-state index in [-0.39, 0.29) is 15.9 Å². The van der Waals surface area contributed by atoms with E-state index < -0.39 is 5.82 Å². The van der Waals surface area contributed by atoms with Crippen LogP contribution in [0, 0.1) is 5.82 Å². The first-order chi connectivity index (χ1) is 8.92. The van der Waals surface area contributed by atoms with Gasteiger partial charge in [0, 0.05) is 11.6 Å². The predicted octanol–water partition coefficient (Wildman–Crippen LogP) is 5.03. The van der Waals surface area contributed by atoms with Crippen molar-refractivity contribution in [2.24, 2.45) is 0 Å². The fourth-order valence-corrected chi connectivity index (χ4v) is 3.14. The Morgan fingerprint density at radius 2 is 2.11 bits per heavy atom. The van der Waals surface area contributed by atoms with E-state index in [0.717, 1.165) is 24.2 Å². The van der Waals surface area contributed by atoms with E-state index in [0.29, 0.717) is 5.52 Å². The molecule has 19 heavy (non-hydrogen) atoms. The van der Waals surface area contributed by atoms with Gasteiger partial charge in [-0.3, -0.25) is 0 Å². The molecule has 102 valence electrons. The number of rotatable bonds is 2. The lowest BCUT2D eigenvalue weighted by Crippen LogP contribution is -2.38. The summed E-state index contributed by atoms with van der Waals surface area (Å²) in [5.41, 5.74) is 1.49. The molecule has 0 spiro atoms. The first-order valence-corrected chi connectivity index (χ1v) is 7.26. The average molecular weight is 301 g/mol. The fourth-order valence-electron chi connectivity index (χ4n) is 2.84. The Morgan fingerprint density at radius 1 is 1.42 bits per heavy atom. The molecule has 1 fully saturated rings. The lowest BCUT2D eigenvalue weighted by Gasteiger charge is -2.41. The molecule has 1 aromatic carbocycles. The lowest BCUT2D eigenvalue weighted by atomic mass is 9.78. The standard InChI is InChI=1S/C14H15Cl2FN2/c1-8(15)13-18-11-6-9(16)10(17)7-12(11)19(13)14(2)4-3-5-14/h6-8H,3-5H2,1-2H3. The molecule has 1 heterocycles. The van der Waals surface area contributed by atoms with Gasteiger partial charge in [-0.2, -0.15) is 0 Å². The second-order valence-corrected chi connectivity index (χ2v) is 6.59. The highest BCUT2D eigenvalue weighted by atomic mass is 35.5. The van der Waals surface area contributed by atoms with E-state index in [1.165, 1.54) is 12.5 Å². The van der Waals surface area contributed by atoms with Gasteiger partial charge in [0.15, 0.2) is 0 Å². The summed E-state index contributed by atoms with van der Waals surface area (Å²) in [6.07, 6.45) is 3.32. The Balaban J connectivity index is 2.32. The minimum Gasteiger partial charge on any atom is -0.321 e. The van der Waals surface area contributed by atoms with Gasteiger partial charge in [-0.05, 0) is 39.2 Å². The van der Waals surface area contributed by atoms with Gasteiger partial charge < -0.3 is 4.57 Å². The Labute approximate surface area is 121 Å². The highest BCUT2D eigenvalue weighted by Crippen LogP contribution is 2.43. The number of alkyl halides is 1. The summed E-state index contributed by atoms with van der Waals surface area (Å²) >= 11 is 12.1. The van der Waals surface area contributed by atoms with Crippen molar-refractivity contribution >= 4 is 34.2 Å². The maximum Gasteiger partial charge on any atom is 0.144 e. The van der Waals surface area contributed by atoms with Crippen LogP contribution in [0.2, 0.25) is 5.02 Å². The zero-order chi connectivity index (χ0) is 13.8. The van der Waals surface area contributed by atoms with Crippen molar-refractivity contribution < 1.29 is 4.39 Å². The molecule has 1 atom stereocenters. The summed E-state index contributed by atoms with van der Waals surface area (Å²) in [5, 5.41) is -0.114. The molecule has 0 bridgehead atoms. The van der Waals surface area contributed by atoms with Gasteiger partial charge in [-0.15, -0.1) is 11.6 Å². The van der Waals surface area contributed by atoms with Crippen molar-refractivity contribution in [1.82, 2.24) is 9.55 Å². The summed E-state index contributed by atoms with van der Waals surface area (Å²) in [7, 11) is 0. The Morgan fingerprint density at radius 3 is 2.63 bits per heavy atom. The number of fused-ring (bicyclic) bond motifs is 1.